The number of hydrogen-bond acceptors (Lipinski definition) is 2. The zero-order valence-electron chi connectivity index (χ0n) is 12.7. The fourth-order valence-electron chi connectivity index (χ4n) is 2.10. The fourth-order valence-corrected chi connectivity index (χ4v) is 3.22. The maximum Gasteiger partial charge on any atom is 0.154 e. The second-order valence-electron chi connectivity index (χ2n) is 5.03. The predicted octanol–water partition coefficient (Wildman–Crippen LogP) is 5.28. The van der Waals surface area contributed by atoms with E-state index >= 15 is 0 Å². The Kier molecular flexibility index (Phi) is 6.81. The number of hydrogen-bond donors (Lipinski definition) is 1. The van der Waals surface area contributed by atoms with Crippen molar-refractivity contribution in [1.82, 2.24) is 0 Å². The molecule has 2 rings (SSSR count). The van der Waals surface area contributed by atoms with Gasteiger partial charge in [-0.25, -0.2) is 0 Å². The molecule has 22 heavy (non-hydrogen) atoms. The van der Waals surface area contributed by atoms with Crippen molar-refractivity contribution < 1.29 is 0 Å². The van der Waals surface area contributed by atoms with Crippen LogP contribution in [0, 0.1) is 0 Å². The number of aliphatic imine (C=N–C) groups is 1. The molecule has 0 radical (unpaired) electrons. The lowest BCUT2D eigenvalue weighted by molar-refractivity contribution is 0.809. The van der Waals surface area contributed by atoms with Gasteiger partial charge in [-0.05, 0) is 29.7 Å². The first kappa shape index (κ1) is 16.9. The highest BCUT2D eigenvalue weighted by Gasteiger charge is 2.16. The van der Waals surface area contributed by atoms with Crippen LogP contribution in [-0.4, -0.2) is 11.7 Å². The molecule has 0 saturated heterocycles. The zero-order valence-corrected chi connectivity index (χ0v) is 14.3. The summed E-state index contributed by atoms with van der Waals surface area (Å²) in [4.78, 5) is 4.45. The van der Waals surface area contributed by atoms with Crippen LogP contribution >= 0.6 is 23.4 Å². The molecule has 0 unspecified atom stereocenters. The van der Waals surface area contributed by atoms with Crippen molar-refractivity contribution in [3.05, 3.63) is 70.7 Å². The van der Waals surface area contributed by atoms with Gasteiger partial charge in [0.2, 0.25) is 0 Å². The van der Waals surface area contributed by atoms with Gasteiger partial charge in [-0.2, -0.15) is 0 Å². The van der Waals surface area contributed by atoms with E-state index in [9.17, 15) is 0 Å². The smallest absolute Gasteiger partial charge is 0.154 e. The molecule has 0 aliphatic heterocycles. The third-order valence-electron chi connectivity index (χ3n) is 3.29. The monoisotopic (exact) mass is 332 g/mol. The molecule has 4 heteroatoms. The number of halogens is 1. The average Bonchev–Trinajstić information content (AvgIpc) is 2.55. The van der Waals surface area contributed by atoms with Crippen LogP contribution in [0.4, 0.5) is 0 Å². The van der Waals surface area contributed by atoms with Gasteiger partial charge in [-0.1, -0.05) is 79.2 Å². The third-order valence-corrected chi connectivity index (χ3v) is 4.70. The van der Waals surface area contributed by atoms with Crippen molar-refractivity contribution >= 4 is 28.5 Å². The molecule has 2 N–H and O–H groups in total. The van der Waals surface area contributed by atoms with Gasteiger partial charge in [0.05, 0.1) is 5.25 Å². The molecule has 116 valence electrons. The first-order valence-corrected chi connectivity index (χ1v) is 8.73. The third kappa shape index (κ3) is 5.08. The van der Waals surface area contributed by atoms with E-state index in [0.717, 1.165) is 24.4 Å². The van der Waals surface area contributed by atoms with E-state index in [0.29, 0.717) is 5.17 Å². The van der Waals surface area contributed by atoms with E-state index in [1.807, 2.05) is 42.5 Å². The molecule has 0 aliphatic carbocycles. The summed E-state index contributed by atoms with van der Waals surface area (Å²) < 4.78 is 0. The van der Waals surface area contributed by atoms with Gasteiger partial charge in [-0.15, -0.1) is 0 Å². The highest BCUT2D eigenvalue weighted by atomic mass is 35.5. The molecular formula is C18H21ClN2S. The number of nitrogens with zero attached hydrogens (tertiary/aromatic N) is 1. The molecule has 1 atom stereocenters. The summed E-state index contributed by atoms with van der Waals surface area (Å²) in [6.07, 6.45) is 2.19. The Balaban J connectivity index is 2.22. The Morgan fingerprint density at radius 2 is 1.73 bits per heavy atom. The largest absolute Gasteiger partial charge is 0.379 e. The summed E-state index contributed by atoms with van der Waals surface area (Å²) in [5.74, 6) is 0. The van der Waals surface area contributed by atoms with E-state index in [4.69, 9.17) is 17.3 Å². The van der Waals surface area contributed by atoms with Crippen LogP contribution in [0.5, 0.6) is 0 Å². The topological polar surface area (TPSA) is 38.4 Å². The van der Waals surface area contributed by atoms with Crippen molar-refractivity contribution in [1.29, 1.82) is 0 Å². The second kappa shape index (κ2) is 8.86. The van der Waals surface area contributed by atoms with Gasteiger partial charge in [0.25, 0.3) is 0 Å². The van der Waals surface area contributed by atoms with Crippen molar-refractivity contribution in [2.45, 2.75) is 25.0 Å². The predicted molar refractivity (Wildman–Crippen MR) is 98.7 cm³/mol. The van der Waals surface area contributed by atoms with E-state index < -0.39 is 0 Å². The van der Waals surface area contributed by atoms with E-state index in [1.165, 1.54) is 11.1 Å². The van der Waals surface area contributed by atoms with Crippen LogP contribution in [0.1, 0.15) is 36.1 Å². The molecule has 0 fully saturated rings. The molecule has 2 aromatic rings. The van der Waals surface area contributed by atoms with Gasteiger partial charge in [-0.3, -0.25) is 4.99 Å². The molecule has 0 heterocycles. The molecule has 0 amide bonds. The molecule has 0 aliphatic rings. The summed E-state index contributed by atoms with van der Waals surface area (Å²) >= 11 is 7.59. The Morgan fingerprint density at radius 3 is 2.36 bits per heavy atom. The number of unbranched alkanes of at least 4 members (excludes halogenated alkanes) is 1. The lowest BCUT2D eigenvalue weighted by Gasteiger charge is -2.17. The normalized spacial score (nSPS) is 13.1. The minimum absolute atomic E-state index is 0.129. The van der Waals surface area contributed by atoms with Gasteiger partial charge in [0.1, 0.15) is 0 Å². The van der Waals surface area contributed by atoms with Crippen molar-refractivity contribution in [3.63, 3.8) is 0 Å². The first-order valence-electron chi connectivity index (χ1n) is 7.47. The van der Waals surface area contributed by atoms with E-state index in [-0.39, 0.29) is 5.25 Å². The Bertz CT molecular complexity index is 596. The van der Waals surface area contributed by atoms with Crippen molar-refractivity contribution in [2.24, 2.45) is 10.7 Å². The number of thioether (sulfide) groups is 1. The zero-order chi connectivity index (χ0) is 15.8. The maximum absolute atomic E-state index is 6.11. The summed E-state index contributed by atoms with van der Waals surface area (Å²) in [6.45, 7) is 2.94. The summed E-state index contributed by atoms with van der Waals surface area (Å²) in [5.41, 5.74) is 8.49. The molecule has 2 aromatic carbocycles. The number of rotatable bonds is 6. The van der Waals surface area contributed by atoms with Crippen molar-refractivity contribution in [2.75, 3.05) is 6.54 Å². The van der Waals surface area contributed by atoms with Crippen LogP contribution in [0.2, 0.25) is 5.02 Å². The molecule has 2 nitrogen and oxygen atoms in total. The number of nitrogens with two attached hydrogens (primary N) is 1. The minimum Gasteiger partial charge on any atom is -0.379 e. The maximum atomic E-state index is 6.11. The Morgan fingerprint density at radius 1 is 1.09 bits per heavy atom. The molecule has 0 bridgehead atoms. The standard InChI is InChI=1S/C18H21ClN2S/c1-2-3-13-21-18(20)22-17(14-7-5-4-6-8-14)15-9-11-16(19)12-10-15/h4-12,17H,2-3,13H2,1H3,(H2,20,21)/t17-/m0/s1. The summed E-state index contributed by atoms with van der Waals surface area (Å²) in [5, 5.41) is 1.51. The van der Waals surface area contributed by atoms with Gasteiger partial charge in [0, 0.05) is 11.6 Å². The lowest BCUT2D eigenvalue weighted by atomic mass is 10.0. The van der Waals surface area contributed by atoms with Crippen LogP contribution in [0.3, 0.4) is 0 Å². The second-order valence-corrected chi connectivity index (χ2v) is 6.60. The van der Waals surface area contributed by atoms with Gasteiger partial charge >= 0.3 is 0 Å². The SMILES string of the molecule is CCCCN=C(N)S[C@@H](c1ccccc1)c1ccc(Cl)cc1. The molecule has 0 aromatic heterocycles. The number of amidine groups is 1. The average molecular weight is 333 g/mol. The van der Waals surface area contributed by atoms with Crippen molar-refractivity contribution in [3.8, 4) is 0 Å². The minimum atomic E-state index is 0.129. The molecule has 0 saturated carbocycles. The lowest BCUT2D eigenvalue weighted by Crippen LogP contribution is -2.11. The van der Waals surface area contributed by atoms with E-state index in [2.05, 4.69) is 24.0 Å². The molecule has 0 spiro atoms. The van der Waals surface area contributed by atoms with Crippen LogP contribution < -0.4 is 5.73 Å². The molecular weight excluding hydrogens is 312 g/mol. The van der Waals surface area contributed by atoms with Crippen LogP contribution in [0.25, 0.3) is 0 Å². The summed E-state index contributed by atoms with van der Waals surface area (Å²) in [6, 6.07) is 18.3. The van der Waals surface area contributed by atoms with Gasteiger partial charge in [0.15, 0.2) is 5.17 Å². The first-order chi connectivity index (χ1) is 10.7. The Labute approximate surface area is 141 Å². The Hall–Kier alpha value is -1.45. The van der Waals surface area contributed by atoms with Crippen LogP contribution in [0.15, 0.2) is 59.6 Å². The number of benzene rings is 2. The highest BCUT2D eigenvalue weighted by molar-refractivity contribution is 8.14. The quantitative estimate of drug-likeness (QED) is 0.444. The van der Waals surface area contributed by atoms with Gasteiger partial charge < -0.3 is 5.73 Å². The fraction of sp³-hybridized carbons (Fsp3) is 0.278. The summed E-state index contributed by atoms with van der Waals surface area (Å²) in [7, 11) is 0. The highest BCUT2D eigenvalue weighted by Crippen LogP contribution is 2.36. The van der Waals surface area contributed by atoms with Crippen LogP contribution in [-0.2, 0) is 0 Å². The van der Waals surface area contributed by atoms with E-state index in [1.54, 1.807) is 11.8 Å².